The van der Waals surface area contributed by atoms with Gasteiger partial charge in [0.1, 0.15) is 37.8 Å². The molecule has 0 spiro atoms. The zero-order valence-corrected chi connectivity index (χ0v) is 26.9. The summed E-state index contributed by atoms with van der Waals surface area (Å²) in [6.07, 6.45) is -0.759. The molecule has 0 aromatic carbocycles. The Bertz CT molecular complexity index is 1170. The molecule has 2 rings (SSSR count). The van der Waals surface area contributed by atoms with Gasteiger partial charge in [-0.15, -0.1) is 0 Å². The quantitative estimate of drug-likeness (QED) is 0.326. The average molecular weight is 622 g/mol. The van der Waals surface area contributed by atoms with Crippen LogP contribution in [0.4, 0.5) is 9.18 Å². The standard InChI is InChI=1S/C25H42BrFN4O4SSi/c1-10-37(11-2,12-3)17-15-18(26)29-20(19(17)27)25(9)16-36(34,28-13-14-32)24(7,8)21(31-25)30-22(33)35-23(4,5)6/h15,32H,10-14,16H2,1-9H3,(H,30,31,33)/t25-,36+/m0/s1. The molecule has 12 heteroatoms. The monoisotopic (exact) mass is 620 g/mol. The normalized spacial score (nSPS) is 23.8. The molecule has 37 heavy (non-hydrogen) atoms. The number of hydrogen-bond acceptors (Lipinski definition) is 7. The van der Waals surface area contributed by atoms with Gasteiger partial charge in [0.25, 0.3) is 0 Å². The third-order valence-corrected chi connectivity index (χ3v) is 16.6. The molecule has 0 fully saturated rings. The van der Waals surface area contributed by atoms with Crippen molar-refractivity contribution in [2.24, 2.45) is 9.36 Å². The first-order valence-electron chi connectivity index (χ1n) is 12.7. The van der Waals surface area contributed by atoms with Crippen LogP contribution in [0.25, 0.3) is 0 Å². The molecule has 2 heterocycles. The molecule has 1 aromatic rings. The Morgan fingerprint density at radius 2 is 1.84 bits per heavy atom. The number of amides is 1. The smallest absolute Gasteiger partial charge is 0.413 e. The molecule has 1 amide bonds. The van der Waals surface area contributed by atoms with Gasteiger partial charge in [-0.1, -0.05) is 38.9 Å². The van der Waals surface area contributed by atoms with E-state index in [0.29, 0.717) is 9.79 Å². The molecule has 1 aromatic heterocycles. The number of aliphatic imine (C=N–C) groups is 1. The Morgan fingerprint density at radius 3 is 2.32 bits per heavy atom. The third kappa shape index (κ3) is 6.44. The van der Waals surface area contributed by atoms with E-state index in [2.05, 4.69) is 51.4 Å². The van der Waals surface area contributed by atoms with E-state index in [1.54, 1.807) is 47.6 Å². The molecule has 8 nitrogen and oxygen atoms in total. The summed E-state index contributed by atoms with van der Waals surface area (Å²) in [5, 5.41) is 12.8. The highest BCUT2D eigenvalue weighted by Crippen LogP contribution is 2.39. The lowest BCUT2D eigenvalue weighted by Crippen LogP contribution is -2.58. The van der Waals surface area contributed by atoms with E-state index in [9.17, 15) is 14.1 Å². The number of carbonyl (C=O) groups excluding carboxylic acids is 1. The summed E-state index contributed by atoms with van der Waals surface area (Å²) in [6.45, 7) is 16.2. The van der Waals surface area contributed by atoms with Crippen LogP contribution in [0.1, 0.15) is 68.0 Å². The molecule has 0 saturated heterocycles. The molecule has 0 saturated carbocycles. The van der Waals surface area contributed by atoms with E-state index in [1.165, 1.54) is 0 Å². The number of amidine groups is 1. The molecule has 2 N–H and O–H groups in total. The van der Waals surface area contributed by atoms with Crippen molar-refractivity contribution in [1.29, 1.82) is 0 Å². The Kier molecular flexibility index (Phi) is 9.80. The van der Waals surface area contributed by atoms with Crippen LogP contribution in [0.3, 0.4) is 0 Å². The number of halogens is 2. The largest absolute Gasteiger partial charge is 0.444 e. The van der Waals surface area contributed by atoms with Crippen molar-refractivity contribution in [1.82, 2.24) is 10.3 Å². The Morgan fingerprint density at radius 1 is 1.27 bits per heavy atom. The van der Waals surface area contributed by atoms with Crippen molar-refractivity contribution in [3.63, 3.8) is 0 Å². The first-order chi connectivity index (χ1) is 16.9. The molecule has 0 aliphatic carbocycles. The van der Waals surface area contributed by atoms with E-state index in [0.717, 1.165) is 18.1 Å². The summed E-state index contributed by atoms with van der Waals surface area (Å²) in [4.78, 5) is 22.1. The zero-order chi connectivity index (χ0) is 28.4. The van der Waals surface area contributed by atoms with Crippen molar-refractivity contribution < 1.29 is 23.2 Å². The van der Waals surface area contributed by atoms with E-state index in [-0.39, 0.29) is 30.4 Å². The average Bonchev–Trinajstić information content (AvgIpc) is 2.78. The second kappa shape index (κ2) is 11.4. The summed E-state index contributed by atoms with van der Waals surface area (Å²) in [6, 6.07) is 4.38. The lowest BCUT2D eigenvalue weighted by atomic mass is 9.98. The van der Waals surface area contributed by atoms with Crippen LogP contribution in [-0.2, 0) is 20.0 Å². The number of carbonyl (C=O) groups is 1. The third-order valence-electron chi connectivity index (χ3n) is 7.26. The topological polar surface area (TPSA) is 113 Å². The number of aliphatic hydroxyl groups is 1. The maximum atomic E-state index is 16.5. The van der Waals surface area contributed by atoms with Gasteiger partial charge in [-0.05, 0) is 68.7 Å². The summed E-state index contributed by atoms with van der Waals surface area (Å²) in [7, 11) is -5.33. The lowest BCUT2D eigenvalue weighted by Gasteiger charge is -2.42. The van der Waals surface area contributed by atoms with Crippen LogP contribution < -0.4 is 10.5 Å². The molecule has 1 aliphatic rings. The highest BCUT2D eigenvalue weighted by molar-refractivity contribution is 9.10. The minimum Gasteiger partial charge on any atom is -0.444 e. The second-order valence-electron chi connectivity index (χ2n) is 11.2. The van der Waals surface area contributed by atoms with Crippen molar-refractivity contribution in [3.8, 4) is 0 Å². The van der Waals surface area contributed by atoms with E-state index >= 15 is 4.39 Å². The number of rotatable bonds is 7. The second-order valence-corrected chi connectivity index (χ2v) is 20.1. The van der Waals surface area contributed by atoms with Gasteiger partial charge in [0.15, 0.2) is 0 Å². The first kappa shape index (κ1) is 31.8. The van der Waals surface area contributed by atoms with Crippen molar-refractivity contribution in [2.45, 2.75) is 96.3 Å². The van der Waals surface area contributed by atoms with Gasteiger partial charge in [-0.3, -0.25) is 10.3 Å². The van der Waals surface area contributed by atoms with Crippen molar-refractivity contribution in [2.75, 3.05) is 18.9 Å². The van der Waals surface area contributed by atoms with Crippen LogP contribution in [-0.4, -0.2) is 63.6 Å². The number of aromatic nitrogens is 1. The van der Waals surface area contributed by atoms with E-state index < -0.39 is 45.6 Å². The first-order valence-corrected chi connectivity index (χ1v) is 17.8. The molecular weight excluding hydrogens is 579 g/mol. The number of ether oxygens (including phenoxy) is 1. The highest BCUT2D eigenvalue weighted by Gasteiger charge is 2.51. The lowest BCUT2D eigenvalue weighted by molar-refractivity contribution is 0.0560. The molecule has 210 valence electrons. The fourth-order valence-electron chi connectivity index (χ4n) is 4.78. The number of nitrogens with one attached hydrogen (secondary N) is 1. The van der Waals surface area contributed by atoms with Crippen LogP contribution in [0.2, 0.25) is 18.1 Å². The fourth-order valence-corrected chi connectivity index (χ4v) is 11.6. The highest BCUT2D eigenvalue weighted by atomic mass is 79.9. The Labute approximate surface area is 230 Å². The molecule has 0 unspecified atom stereocenters. The molecular formula is C25H42BrFN4O4SSi. The number of nitrogens with zero attached hydrogens (tertiary/aromatic N) is 3. The van der Waals surface area contributed by atoms with Gasteiger partial charge in [0.2, 0.25) is 0 Å². The van der Waals surface area contributed by atoms with Gasteiger partial charge >= 0.3 is 6.09 Å². The Balaban J connectivity index is 2.86. The molecule has 1 aliphatic heterocycles. The molecule has 2 atom stereocenters. The summed E-state index contributed by atoms with van der Waals surface area (Å²) in [5.41, 5.74) is -2.10. The predicted molar refractivity (Wildman–Crippen MR) is 154 cm³/mol. The van der Waals surface area contributed by atoms with Crippen molar-refractivity contribution in [3.05, 3.63) is 22.2 Å². The van der Waals surface area contributed by atoms with Crippen LogP contribution in [0, 0.1) is 5.82 Å². The van der Waals surface area contributed by atoms with Gasteiger partial charge in [-0.25, -0.2) is 22.7 Å². The number of aliphatic hydroxyl groups excluding tert-OH is 1. The summed E-state index contributed by atoms with van der Waals surface area (Å²) < 4.78 is 39.9. The van der Waals surface area contributed by atoms with E-state index in [1.807, 2.05) is 0 Å². The number of pyridine rings is 1. The Hall–Kier alpha value is -1.37. The zero-order valence-electron chi connectivity index (χ0n) is 23.5. The van der Waals surface area contributed by atoms with Crippen LogP contribution >= 0.6 is 15.9 Å². The maximum absolute atomic E-state index is 16.5. The van der Waals surface area contributed by atoms with Gasteiger partial charge < -0.3 is 9.84 Å². The van der Waals surface area contributed by atoms with E-state index in [4.69, 9.17) is 9.73 Å². The summed E-state index contributed by atoms with van der Waals surface area (Å²) in [5.74, 6) is -0.479. The number of alkyl carbamates (subject to hydrolysis) is 1. The fraction of sp³-hybridized carbons (Fsp3) is 0.720. The minimum atomic E-state index is -3.17. The predicted octanol–water partition coefficient (Wildman–Crippen LogP) is 5.09. The summed E-state index contributed by atoms with van der Waals surface area (Å²) >= 11 is 3.48. The molecule has 0 radical (unpaired) electrons. The van der Waals surface area contributed by atoms with Crippen molar-refractivity contribution >= 4 is 50.8 Å². The van der Waals surface area contributed by atoms with Gasteiger partial charge in [-0.2, -0.15) is 0 Å². The van der Waals surface area contributed by atoms with Gasteiger partial charge in [0, 0.05) is 0 Å². The maximum Gasteiger partial charge on any atom is 0.413 e. The number of hydrogen-bond donors (Lipinski definition) is 2. The van der Waals surface area contributed by atoms with Gasteiger partial charge in [0.05, 0.1) is 36.7 Å². The SMILES string of the molecule is CC[Si](CC)(CC)c1cc(Br)nc([C@]2(C)C[S@](=O)(=NCCO)C(C)(C)C(NC(=O)OC(C)(C)C)=N2)c1F. The van der Waals surface area contributed by atoms with Crippen LogP contribution in [0.5, 0.6) is 0 Å². The molecule has 0 bridgehead atoms. The van der Waals surface area contributed by atoms with Crippen LogP contribution in [0.15, 0.2) is 20.0 Å². The minimum absolute atomic E-state index is 0.0603.